The van der Waals surface area contributed by atoms with E-state index in [9.17, 15) is 8.78 Å². The maximum Gasteiger partial charge on any atom is 0.255 e. The number of ether oxygens (including phenoxy) is 1. The fraction of sp³-hybridized carbons (Fsp3) is 0.214. The van der Waals surface area contributed by atoms with Crippen LogP contribution in [0.2, 0.25) is 5.15 Å². The zero-order chi connectivity index (χ0) is 16.7. The third-order valence-corrected chi connectivity index (χ3v) is 3.56. The quantitative estimate of drug-likeness (QED) is 0.687. The summed E-state index contributed by atoms with van der Waals surface area (Å²) in [6.45, 7) is 0. The third-order valence-electron chi connectivity index (χ3n) is 3.28. The molecule has 9 heteroatoms. The molecule has 0 aliphatic carbocycles. The summed E-state index contributed by atoms with van der Waals surface area (Å²) in [5.41, 5.74) is -0.211. The van der Waals surface area contributed by atoms with Crippen molar-refractivity contribution in [2.75, 3.05) is 26.1 Å². The molecule has 0 N–H and O–H groups in total. The third kappa shape index (κ3) is 2.44. The lowest BCUT2D eigenvalue weighted by molar-refractivity contribution is 0.407. The molecule has 23 heavy (non-hydrogen) atoms. The Labute approximate surface area is 135 Å². The number of hydrogen-bond donors (Lipinski definition) is 0. The Morgan fingerprint density at radius 2 is 1.83 bits per heavy atom. The molecule has 0 saturated carbocycles. The lowest BCUT2D eigenvalue weighted by Gasteiger charge is -2.20. The second-order valence-electron chi connectivity index (χ2n) is 4.93. The highest BCUT2D eigenvalue weighted by Crippen LogP contribution is 2.39. The number of nitrogens with zero attached hydrogens (tertiary/aromatic N) is 5. The summed E-state index contributed by atoms with van der Waals surface area (Å²) in [6.07, 6.45) is 1.29. The van der Waals surface area contributed by atoms with Gasteiger partial charge in [-0.25, -0.2) is 8.78 Å². The summed E-state index contributed by atoms with van der Waals surface area (Å²) in [6, 6.07) is 2.17. The van der Waals surface area contributed by atoms with Crippen molar-refractivity contribution in [1.82, 2.24) is 19.6 Å². The number of benzene rings is 1. The molecule has 120 valence electrons. The van der Waals surface area contributed by atoms with E-state index in [1.54, 1.807) is 19.0 Å². The maximum atomic E-state index is 14.5. The van der Waals surface area contributed by atoms with Gasteiger partial charge in [0.1, 0.15) is 34.7 Å². The van der Waals surface area contributed by atoms with Gasteiger partial charge in [0.2, 0.25) is 0 Å². The first kappa shape index (κ1) is 15.4. The fourth-order valence-electron chi connectivity index (χ4n) is 2.34. The average molecular weight is 340 g/mol. The van der Waals surface area contributed by atoms with Crippen LogP contribution in [0.4, 0.5) is 14.6 Å². The second-order valence-corrected chi connectivity index (χ2v) is 5.29. The van der Waals surface area contributed by atoms with E-state index in [1.807, 2.05) is 0 Å². The number of aromatic nitrogens is 4. The van der Waals surface area contributed by atoms with E-state index >= 15 is 0 Å². The lowest BCUT2D eigenvalue weighted by Crippen LogP contribution is -2.17. The van der Waals surface area contributed by atoms with Crippen LogP contribution in [0.5, 0.6) is 5.75 Å². The van der Waals surface area contributed by atoms with Gasteiger partial charge in [0.25, 0.3) is 5.78 Å². The normalized spacial score (nSPS) is 11.0. The minimum absolute atomic E-state index is 0.0704. The molecular formula is C14H12ClF2N5O. The molecule has 0 saturated heterocycles. The van der Waals surface area contributed by atoms with E-state index in [2.05, 4.69) is 15.1 Å². The van der Waals surface area contributed by atoms with E-state index in [-0.39, 0.29) is 27.8 Å². The van der Waals surface area contributed by atoms with Crippen molar-refractivity contribution >= 4 is 23.2 Å². The molecule has 3 rings (SSSR count). The fourth-order valence-corrected chi connectivity index (χ4v) is 2.59. The van der Waals surface area contributed by atoms with Gasteiger partial charge in [-0.1, -0.05) is 11.6 Å². The Hall–Kier alpha value is -2.48. The van der Waals surface area contributed by atoms with E-state index in [4.69, 9.17) is 16.3 Å². The summed E-state index contributed by atoms with van der Waals surface area (Å²) in [5, 5.41) is 3.96. The van der Waals surface area contributed by atoms with Crippen LogP contribution in [0.15, 0.2) is 18.5 Å². The highest BCUT2D eigenvalue weighted by atomic mass is 35.5. The van der Waals surface area contributed by atoms with Gasteiger partial charge in [-0.2, -0.15) is 19.6 Å². The van der Waals surface area contributed by atoms with Crippen LogP contribution >= 0.6 is 11.6 Å². The van der Waals surface area contributed by atoms with Crippen molar-refractivity contribution in [2.24, 2.45) is 0 Å². The summed E-state index contributed by atoms with van der Waals surface area (Å²) in [7, 11) is 4.74. The molecule has 3 aromatic rings. The molecule has 0 spiro atoms. The Morgan fingerprint density at radius 1 is 1.17 bits per heavy atom. The minimum Gasteiger partial charge on any atom is -0.497 e. The monoisotopic (exact) mass is 339 g/mol. The van der Waals surface area contributed by atoms with E-state index in [0.29, 0.717) is 5.82 Å². The topological polar surface area (TPSA) is 55.6 Å². The predicted molar refractivity (Wildman–Crippen MR) is 82.0 cm³/mol. The van der Waals surface area contributed by atoms with Gasteiger partial charge in [0.05, 0.1) is 18.2 Å². The van der Waals surface area contributed by atoms with Crippen molar-refractivity contribution in [3.05, 3.63) is 35.2 Å². The number of anilines is 1. The average Bonchev–Trinajstić information content (AvgIpc) is 2.93. The van der Waals surface area contributed by atoms with Gasteiger partial charge in [0.15, 0.2) is 0 Å². The van der Waals surface area contributed by atoms with E-state index in [1.165, 1.54) is 18.0 Å². The van der Waals surface area contributed by atoms with Crippen LogP contribution in [0, 0.1) is 11.6 Å². The Bertz CT molecular complexity index is 873. The second kappa shape index (κ2) is 5.62. The maximum absolute atomic E-state index is 14.5. The number of fused-ring (bicyclic) bond motifs is 1. The van der Waals surface area contributed by atoms with Crippen LogP contribution < -0.4 is 9.64 Å². The van der Waals surface area contributed by atoms with Gasteiger partial charge in [0, 0.05) is 26.2 Å². The number of hydrogen-bond acceptors (Lipinski definition) is 5. The molecule has 0 bridgehead atoms. The largest absolute Gasteiger partial charge is 0.497 e. The molecule has 0 unspecified atom stereocenters. The van der Waals surface area contributed by atoms with Crippen molar-refractivity contribution < 1.29 is 13.5 Å². The zero-order valence-electron chi connectivity index (χ0n) is 12.5. The first-order valence-electron chi connectivity index (χ1n) is 6.54. The summed E-state index contributed by atoms with van der Waals surface area (Å²) >= 11 is 6.18. The van der Waals surface area contributed by atoms with Crippen LogP contribution in [0.1, 0.15) is 0 Å². The Balaban J connectivity index is 2.41. The highest BCUT2D eigenvalue weighted by Gasteiger charge is 2.25. The molecule has 0 fully saturated rings. The first-order valence-corrected chi connectivity index (χ1v) is 6.91. The van der Waals surface area contributed by atoms with Crippen molar-refractivity contribution in [2.45, 2.75) is 0 Å². The molecule has 0 radical (unpaired) electrons. The summed E-state index contributed by atoms with van der Waals surface area (Å²) in [5.74, 6) is -0.959. The highest BCUT2D eigenvalue weighted by molar-refractivity contribution is 6.33. The lowest BCUT2D eigenvalue weighted by atomic mass is 10.1. The standard InChI is InChI=1S/C14H12ClF2N5O/c1-21(2)13-11(12(15)20-14-18-6-19-22(13)14)10-8(16)4-7(23-3)5-9(10)17/h4-6H,1-3H3. The predicted octanol–water partition coefficient (Wildman–Crippen LogP) is 2.80. The van der Waals surface area contributed by atoms with E-state index < -0.39 is 11.6 Å². The number of halogens is 3. The molecule has 1 aromatic carbocycles. The molecule has 6 nitrogen and oxygen atoms in total. The van der Waals surface area contributed by atoms with Crippen molar-refractivity contribution in [3.8, 4) is 16.9 Å². The van der Waals surface area contributed by atoms with Crippen molar-refractivity contribution in [3.63, 3.8) is 0 Å². The minimum atomic E-state index is -0.812. The molecule has 0 amide bonds. The molecule has 2 aromatic heterocycles. The Kier molecular flexibility index (Phi) is 3.77. The van der Waals surface area contributed by atoms with Crippen LogP contribution in [0.3, 0.4) is 0 Å². The zero-order valence-corrected chi connectivity index (χ0v) is 13.3. The summed E-state index contributed by atoms with van der Waals surface area (Å²) < 4.78 is 35.2. The SMILES string of the molecule is COc1cc(F)c(-c2c(Cl)nc3ncnn3c2N(C)C)c(F)c1. The van der Waals surface area contributed by atoms with Crippen molar-refractivity contribution in [1.29, 1.82) is 0 Å². The van der Waals surface area contributed by atoms with Crippen LogP contribution in [-0.2, 0) is 0 Å². The summed E-state index contributed by atoms with van der Waals surface area (Å²) in [4.78, 5) is 9.63. The number of rotatable bonds is 3. The van der Waals surface area contributed by atoms with Gasteiger partial charge >= 0.3 is 0 Å². The van der Waals surface area contributed by atoms with Gasteiger partial charge in [-0.3, -0.25) is 0 Å². The van der Waals surface area contributed by atoms with Crippen LogP contribution in [0.25, 0.3) is 16.9 Å². The Morgan fingerprint density at radius 3 is 2.39 bits per heavy atom. The number of methoxy groups -OCH3 is 1. The molecule has 0 aliphatic heterocycles. The first-order chi connectivity index (χ1) is 10.9. The van der Waals surface area contributed by atoms with E-state index in [0.717, 1.165) is 12.1 Å². The van der Waals surface area contributed by atoms with Gasteiger partial charge < -0.3 is 9.64 Å². The molecule has 0 aliphatic rings. The van der Waals surface area contributed by atoms with Crippen LogP contribution in [-0.4, -0.2) is 40.8 Å². The smallest absolute Gasteiger partial charge is 0.255 e. The van der Waals surface area contributed by atoms with Gasteiger partial charge in [-0.05, 0) is 0 Å². The molecular weight excluding hydrogens is 328 g/mol. The molecule has 0 atom stereocenters. The van der Waals surface area contributed by atoms with Gasteiger partial charge in [-0.15, -0.1) is 0 Å². The molecule has 2 heterocycles.